The van der Waals surface area contributed by atoms with Crippen LogP contribution in [-0.2, 0) is 16.6 Å². The highest BCUT2D eigenvalue weighted by molar-refractivity contribution is 5.87. The Morgan fingerprint density at radius 1 is 1.33 bits per heavy atom. The zero-order valence-electron chi connectivity index (χ0n) is 13.2. The van der Waals surface area contributed by atoms with Crippen LogP contribution in [0.1, 0.15) is 44.7 Å². The van der Waals surface area contributed by atoms with Gasteiger partial charge < -0.3 is 11.1 Å². The van der Waals surface area contributed by atoms with E-state index in [1.165, 1.54) is 18.4 Å². The van der Waals surface area contributed by atoms with Gasteiger partial charge in [-0.3, -0.25) is 4.79 Å². The molecule has 118 valence electrons. The lowest BCUT2D eigenvalue weighted by molar-refractivity contribution is -0.126. The second-order valence-corrected chi connectivity index (χ2v) is 6.33. The summed E-state index contributed by atoms with van der Waals surface area (Å²) >= 11 is 0. The van der Waals surface area contributed by atoms with Crippen LogP contribution in [0.4, 0.5) is 0 Å². The first-order valence-electron chi connectivity index (χ1n) is 7.59. The smallest absolute Gasteiger partial charge is 0.230 e. The van der Waals surface area contributed by atoms with E-state index in [0.717, 1.165) is 12.0 Å². The summed E-state index contributed by atoms with van der Waals surface area (Å²) < 4.78 is 0. The minimum Gasteiger partial charge on any atom is -0.351 e. The summed E-state index contributed by atoms with van der Waals surface area (Å²) in [4.78, 5) is 12.6. The molecule has 0 bridgehead atoms. The van der Waals surface area contributed by atoms with E-state index in [4.69, 9.17) is 5.73 Å². The summed E-state index contributed by atoms with van der Waals surface area (Å²) in [6, 6.07) is 8.47. The number of aryl methyl sites for hydroxylation is 1. The molecule has 1 aromatic carbocycles. The topological polar surface area (TPSA) is 55.1 Å². The number of rotatable bonds is 6. The fourth-order valence-corrected chi connectivity index (χ4v) is 2.50. The molecular formula is C17H27ClN2O. The van der Waals surface area contributed by atoms with Crippen molar-refractivity contribution in [1.82, 2.24) is 5.32 Å². The van der Waals surface area contributed by atoms with E-state index in [-0.39, 0.29) is 24.4 Å². The van der Waals surface area contributed by atoms with Crippen molar-refractivity contribution >= 4 is 18.3 Å². The van der Waals surface area contributed by atoms with Crippen LogP contribution < -0.4 is 11.1 Å². The van der Waals surface area contributed by atoms with Crippen molar-refractivity contribution in [3.63, 3.8) is 0 Å². The first kappa shape index (κ1) is 18.0. The lowest BCUT2D eigenvalue weighted by Crippen LogP contribution is -2.48. The second kappa shape index (κ2) is 7.28. The van der Waals surface area contributed by atoms with Crippen molar-refractivity contribution < 1.29 is 4.79 Å². The second-order valence-electron chi connectivity index (χ2n) is 6.33. The summed E-state index contributed by atoms with van der Waals surface area (Å²) in [5.41, 5.74) is 7.60. The number of carbonyl (C=O) groups is 1. The minimum absolute atomic E-state index is 0. The van der Waals surface area contributed by atoms with Crippen LogP contribution in [0.25, 0.3) is 0 Å². The van der Waals surface area contributed by atoms with Crippen molar-refractivity contribution in [2.45, 2.75) is 51.5 Å². The molecule has 3 nitrogen and oxygen atoms in total. The summed E-state index contributed by atoms with van der Waals surface area (Å²) in [6.07, 6.45) is 3.39. The largest absolute Gasteiger partial charge is 0.351 e. The predicted octanol–water partition coefficient (Wildman–Crippen LogP) is 2.80. The van der Waals surface area contributed by atoms with Gasteiger partial charge in [0.05, 0.1) is 5.41 Å². The SMILES string of the molecule is CCc1ccc(C(C)(C)C(=O)NC(CN)C2CC2)cc1.Cl. The van der Waals surface area contributed by atoms with Gasteiger partial charge in [-0.05, 0) is 50.2 Å². The Morgan fingerprint density at radius 3 is 2.33 bits per heavy atom. The number of amides is 1. The molecule has 0 spiro atoms. The van der Waals surface area contributed by atoms with Crippen molar-refractivity contribution in [1.29, 1.82) is 0 Å². The number of nitrogens with one attached hydrogen (secondary N) is 1. The van der Waals surface area contributed by atoms with E-state index in [9.17, 15) is 4.79 Å². The Kier molecular flexibility index (Phi) is 6.24. The van der Waals surface area contributed by atoms with Crippen LogP contribution in [0, 0.1) is 5.92 Å². The average molecular weight is 311 g/mol. The number of nitrogens with two attached hydrogens (primary N) is 1. The van der Waals surface area contributed by atoms with Gasteiger partial charge in [0.1, 0.15) is 0 Å². The van der Waals surface area contributed by atoms with E-state index < -0.39 is 5.41 Å². The maximum absolute atomic E-state index is 12.6. The third-order valence-corrected chi connectivity index (χ3v) is 4.41. The Bertz CT molecular complexity index is 466. The van der Waals surface area contributed by atoms with Crippen molar-refractivity contribution in [3.8, 4) is 0 Å². The van der Waals surface area contributed by atoms with Crippen LogP contribution in [0.5, 0.6) is 0 Å². The first-order chi connectivity index (χ1) is 9.48. The monoisotopic (exact) mass is 310 g/mol. The highest BCUT2D eigenvalue weighted by Gasteiger charge is 2.36. The molecule has 3 N–H and O–H groups in total. The van der Waals surface area contributed by atoms with Gasteiger partial charge in [0.15, 0.2) is 0 Å². The van der Waals surface area contributed by atoms with Crippen molar-refractivity contribution in [2.75, 3.05) is 6.54 Å². The fourth-order valence-electron chi connectivity index (χ4n) is 2.50. The number of hydrogen-bond acceptors (Lipinski definition) is 2. The molecule has 1 aliphatic carbocycles. The van der Waals surface area contributed by atoms with Gasteiger partial charge in [-0.15, -0.1) is 12.4 Å². The Morgan fingerprint density at radius 2 is 1.90 bits per heavy atom. The zero-order chi connectivity index (χ0) is 14.8. The van der Waals surface area contributed by atoms with Gasteiger partial charge in [-0.1, -0.05) is 31.2 Å². The molecule has 0 saturated heterocycles. The summed E-state index contributed by atoms with van der Waals surface area (Å²) in [7, 11) is 0. The number of benzene rings is 1. The molecular weight excluding hydrogens is 284 g/mol. The van der Waals surface area contributed by atoms with E-state index >= 15 is 0 Å². The highest BCUT2D eigenvalue weighted by Crippen LogP contribution is 2.33. The predicted molar refractivity (Wildman–Crippen MR) is 89.8 cm³/mol. The maximum Gasteiger partial charge on any atom is 0.230 e. The lowest BCUT2D eigenvalue weighted by Gasteiger charge is -2.27. The van der Waals surface area contributed by atoms with Crippen molar-refractivity contribution in [3.05, 3.63) is 35.4 Å². The summed E-state index contributed by atoms with van der Waals surface area (Å²) in [5, 5.41) is 3.13. The van der Waals surface area contributed by atoms with E-state index in [0.29, 0.717) is 12.5 Å². The molecule has 0 radical (unpaired) electrons. The molecule has 0 aliphatic heterocycles. The highest BCUT2D eigenvalue weighted by atomic mass is 35.5. The maximum atomic E-state index is 12.6. The van der Waals surface area contributed by atoms with Gasteiger partial charge in [0.25, 0.3) is 0 Å². The Hall–Kier alpha value is -1.06. The average Bonchev–Trinajstić information content (AvgIpc) is 3.29. The minimum atomic E-state index is -0.519. The fraction of sp³-hybridized carbons (Fsp3) is 0.588. The molecule has 1 aliphatic rings. The van der Waals surface area contributed by atoms with Gasteiger partial charge >= 0.3 is 0 Å². The molecule has 1 amide bonds. The Labute approximate surface area is 134 Å². The lowest BCUT2D eigenvalue weighted by atomic mass is 9.83. The quantitative estimate of drug-likeness (QED) is 0.849. The zero-order valence-corrected chi connectivity index (χ0v) is 14.0. The van der Waals surface area contributed by atoms with Gasteiger partial charge in [0.2, 0.25) is 5.91 Å². The van der Waals surface area contributed by atoms with Gasteiger partial charge in [-0.25, -0.2) is 0 Å². The normalized spacial score (nSPS) is 16.0. The van der Waals surface area contributed by atoms with Gasteiger partial charge in [-0.2, -0.15) is 0 Å². The third kappa shape index (κ3) is 4.21. The van der Waals surface area contributed by atoms with E-state index in [2.05, 4.69) is 36.5 Å². The van der Waals surface area contributed by atoms with Crippen LogP contribution in [0.3, 0.4) is 0 Å². The molecule has 2 rings (SSSR count). The molecule has 1 unspecified atom stereocenters. The molecule has 0 aromatic heterocycles. The Balaban J connectivity index is 0.00000220. The van der Waals surface area contributed by atoms with Crippen LogP contribution in [0.2, 0.25) is 0 Å². The van der Waals surface area contributed by atoms with Gasteiger partial charge in [0, 0.05) is 12.6 Å². The molecule has 1 aromatic rings. The van der Waals surface area contributed by atoms with Crippen molar-refractivity contribution in [2.24, 2.45) is 11.7 Å². The number of hydrogen-bond donors (Lipinski definition) is 2. The molecule has 1 atom stereocenters. The molecule has 1 saturated carbocycles. The van der Waals surface area contributed by atoms with E-state index in [1.807, 2.05) is 13.8 Å². The standard InChI is InChI=1S/C17H26N2O.ClH/c1-4-12-5-9-14(10-6-12)17(2,3)16(20)19-15(11-18)13-7-8-13;/h5-6,9-10,13,15H,4,7-8,11,18H2,1-3H3,(H,19,20);1H. The number of carbonyl (C=O) groups excluding carboxylic acids is 1. The van der Waals surface area contributed by atoms with Crippen LogP contribution in [-0.4, -0.2) is 18.5 Å². The first-order valence-corrected chi connectivity index (χ1v) is 7.59. The van der Waals surface area contributed by atoms with Crippen LogP contribution >= 0.6 is 12.4 Å². The van der Waals surface area contributed by atoms with Crippen LogP contribution in [0.15, 0.2) is 24.3 Å². The molecule has 21 heavy (non-hydrogen) atoms. The molecule has 1 fully saturated rings. The third-order valence-electron chi connectivity index (χ3n) is 4.41. The molecule has 4 heteroatoms. The van der Waals surface area contributed by atoms with E-state index in [1.54, 1.807) is 0 Å². The molecule has 0 heterocycles. The summed E-state index contributed by atoms with van der Waals surface area (Å²) in [5.74, 6) is 0.659. The number of halogens is 1. The summed E-state index contributed by atoms with van der Waals surface area (Å²) in [6.45, 7) is 6.61.